The third kappa shape index (κ3) is 2.51. The first-order valence-corrected chi connectivity index (χ1v) is 8.46. The predicted molar refractivity (Wildman–Crippen MR) is 100 cm³/mol. The molecule has 0 aliphatic carbocycles. The van der Waals surface area contributed by atoms with Crippen molar-refractivity contribution < 1.29 is 14.6 Å². The lowest BCUT2D eigenvalue weighted by Crippen LogP contribution is -2.39. The highest BCUT2D eigenvalue weighted by Gasteiger charge is 2.38. The Morgan fingerprint density at radius 1 is 1.03 bits per heavy atom. The standard InChI is InChI=1S/C18H16N4O7/c1-21-15(24)10(13(23)19-17(21)26)9-7-5-4-6-8(28-3)12(7)29-14-11(9)16(25)22(2)18(27)20-14/h4-6,9,24H,1-3H3,(H,20,27)(H,19,23,26)/t9-/m0/s1. The van der Waals surface area contributed by atoms with Crippen LogP contribution in [0.5, 0.6) is 23.3 Å². The van der Waals surface area contributed by atoms with Gasteiger partial charge in [0.05, 0.1) is 24.2 Å². The van der Waals surface area contributed by atoms with E-state index in [0.29, 0.717) is 11.3 Å². The van der Waals surface area contributed by atoms with Gasteiger partial charge in [0.15, 0.2) is 11.5 Å². The molecule has 1 aliphatic heterocycles. The minimum atomic E-state index is -1.13. The number of benzene rings is 1. The molecule has 0 spiro atoms. The molecule has 150 valence electrons. The summed E-state index contributed by atoms with van der Waals surface area (Å²) in [6, 6.07) is 4.83. The molecular formula is C18H16N4O7. The first kappa shape index (κ1) is 18.3. The van der Waals surface area contributed by atoms with Crippen LogP contribution in [0, 0.1) is 0 Å². The number of aromatic hydroxyl groups is 1. The Hall–Kier alpha value is -4.02. The molecule has 0 saturated carbocycles. The van der Waals surface area contributed by atoms with E-state index in [1.165, 1.54) is 21.2 Å². The number of para-hydroxylation sites is 1. The number of rotatable bonds is 2. The topological polar surface area (TPSA) is 148 Å². The molecule has 2 aromatic heterocycles. The summed E-state index contributed by atoms with van der Waals surface area (Å²) in [5.74, 6) is -1.45. The van der Waals surface area contributed by atoms with Crippen molar-refractivity contribution in [1.29, 1.82) is 0 Å². The van der Waals surface area contributed by atoms with Crippen molar-refractivity contribution in [2.24, 2.45) is 14.1 Å². The van der Waals surface area contributed by atoms with Gasteiger partial charge >= 0.3 is 11.4 Å². The van der Waals surface area contributed by atoms with Crippen LogP contribution >= 0.6 is 0 Å². The van der Waals surface area contributed by atoms with Crippen LogP contribution in [0.3, 0.4) is 0 Å². The molecule has 3 heterocycles. The van der Waals surface area contributed by atoms with E-state index < -0.39 is 34.3 Å². The van der Waals surface area contributed by atoms with Crippen molar-refractivity contribution in [3.05, 3.63) is 76.6 Å². The lowest BCUT2D eigenvalue weighted by atomic mass is 9.84. The summed E-state index contributed by atoms with van der Waals surface area (Å²) in [4.78, 5) is 54.1. The number of aromatic nitrogens is 4. The van der Waals surface area contributed by atoms with Gasteiger partial charge in [-0.2, -0.15) is 0 Å². The fourth-order valence-electron chi connectivity index (χ4n) is 3.43. The number of aromatic amines is 2. The summed E-state index contributed by atoms with van der Waals surface area (Å²) in [7, 11) is 3.95. The molecule has 3 N–H and O–H groups in total. The Labute approximate surface area is 161 Å². The lowest BCUT2D eigenvalue weighted by molar-refractivity contribution is 0.357. The monoisotopic (exact) mass is 400 g/mol. The first-order chi connectivity index (χ1) is 13.8. The number of fused-ring (bicyclic) bond motifs is 2. The summed E-state index contributed by atoms with van der Waals surface area (Å²) in [5, 5.41) is 10.6. The van der Waals surface area contributed by atoms with E-state index in [0.717, 1.165) is 9.13 Å². The third-order valence-electron chi connectivity index (χ3n) is 4.95. The van der Waals surface area contributed by atoms with Crippen molar-refractivity contribution in [3.8, 4) is 23.3 Å². The summed E-state index contributed by atoms with van der Waals surface area (Å²) in [6.07, 6.45) is 0. The minimum absolute atomic E-state index is 0.0627. The molecule has 1 atom stereocenters. The van der Waals surface area contributed by atoms with E-state index in [4.69, 9.17) is 9.47 Å². The van der Waals surface area contributed by atoms with Gasteiger partial charge in [-0.25, -0.2) is 9.59 Å². The molecule has 1 aliphatic rings. The van der Waals surface area contributed by atoms with Crippen molar-refractivity contribution in [2.45, 2.75) is 5.92 Å². The quantitative estimate of drug-likeness (QED) is 0.409. The average Bonchev–Trinajstić information content (AvgIpc) is 2.69. The van der Waals surface area contributed by atoms with Crippen molar-refractivity contribution in [3.63, 3.8) is 0 Å². The molecule has 3 aromatic rings. The van der Waals surface area contributed by atoms with Crippen molar-refractivity contribution in [1.82, 2.24) is 19.1 Å². The number of hydrogen-bond donors (Lipinski definition) is 3. The molecule has 0 saturated heterocycles. The largest absolute Gasteiger partial charge is 0.494 e. The average molecular weight is 400 g/mol. The van der Waals surface area contributed by atoms with Gasteiger partial charge in [0.2, 0.25) is 11.8 Å². The van der Waals surface area contributed by atoms with Crippen LogP contribution in [-0.4, -0.2) is 31.3 Å². The van der Waals surface area contributed by atoms with Gasteiger partial charge in [-0.1, -0.05) is 12.1 Å². The van der Waals surface area contributed by atoms with Crippen molar-refractivity contribution >= 4 is 0 Å². The fraction of sp³-hybridized carbons (Fsp3) is 0.222. The van der Waals surface area contributed by atoms with Crippen LogP contribution < -0.4 is 32.0 Å². The SMILES string of the molecule is COc1cccc2c1Oc1[nH]c(=O)n(C)c(=O)c1[C@@H]2c1c(O)n(C)c(=O)[nH]c1=O. The second-order valence-corrected chi connectivity index (χ2v) is 6.51. The second-order valence-electron chi connectivity index (χ2n) is 6.51. The molecule has 4 rings (SSSR count). The van der Waals surface area contributed by atoms with Crippen molar-refractivity contribution in [2.75, 3.05) is 7.11 Å². The van der Waals surface area contributed by atoms with Crippen LogP contribution in [0.15, 0.2) is 37.4 Å². The molecule has 11 heteroatoms. The predicted octanol–water partition coefficient (Wildman–Crippen LogP) is -0.539. The van der Waals surface area contributed by atoms with E-state index in [-0.39, 0.29) is 22.8 Å². The van der Waals surface area contributed by atoms with Gasteiger partial charge in [0.25, 0.3) is 11.1 Å². The Kier molecular flexibility index (Phi) is 3.96. The highest BCUT2D eigenvalue weighted by Crippen LogP contribution is 2.48. The molecular weight excluding hydrogens is 384 g/mol. The number of H-pyrrole nitrogens is 2. The molecule has 0 fully saturated rings. The second kappa shape index (κ2) is 6.26. The highest BCUT2D eigenvalue weighted by atomic mass is 16.5. The summed E-state index contributed by atoms with van der Waals surface area (Å²) >= 11 is 0. The molecule has 29 heavy (non-hydrogen) atoms. The van der Waals surface area contributed by atoms with Crippen LogP contribution in [0.4, 0.5) is 0 Å². The molecule has 0 amide bonds. The summed E-state index contributed by atoms with van der Waals surface area (Å²) < 4.78 is 12.7. The maximum atomic E-state index is 12.9. The smallest absolute Gasteiger partial charge is 0.330 e. The zero-order chi connectivity index (χ0) is 21.0. The number of methoxy groups -OCH3 is 1. The van der Waals surface area contributed by atoms with Crippen LogP contribution in [0.1, 0.15) is 22.6 Å². The minimum Gasteiger partial charge on any atom is -0.494 e. The van der Waals surface area contributed by atoms with Crippen LogP contribution in [-0.2, 0) is 14.1 Å². The highest BCUT2D eigenvalue weighted by molar-refractivity contribution is 5.61. The molecule has 0 radical (unpaired) electrons. The Bertz CT molecular complexity index is 1390. The maximum Gasteiger partial charge on any atom is 0.330 e. The van der Waals surface area contributed by atoms with Crippen LogP contribution in [0.2, 0.25) is 0 Å². The molecule has 11 nitrogen and oxygen atoms in total. The zero-order valence-corrected chi connectivity index (χ0v) is 15.6. The summed E-state index contributed by atoms with van der Waals surface area (Å²) in [6.45, 7) is 0. The normalized spacial score (nSPS) is 14.7. The number of ether oxygens (including phenoxy) is 2. The Morgan fingerprint density at radius 2 is 1.72 bits per heavy atom. The summed E-state index contributed by atoms with van der Waals surface area (Å²) in [5.41, 5.74) is -3.07. The van der Waals surface area contributed by atoms with Gasteiger partial charge in [0.1, 0.15) is 0 Å². The molecule has 0 bridgehead atoms. The van der Waals surface area contributed by atoms with Gasteiger partial charge in [-0.15, -0.1) is 0 Å². The number of nitrogens with zero attached hydrogens (tertiary/aromatic N) is 2. The van der Waals surface area contributed by atoms with E-state index in [2.05, 4.69) is 9.97 Å². The number of hydrogen-bond acceptors (Lipinski definition) is 7. The molecule has 1 aromatic carbocycles. The maximum absolute atomic E-state index is 12.9. The van der Waals surface area contributed by atoms with E-state index in [9.17, 15) is 24.3 Å². The Morgan fingerprint density at radius 3 is 2.41 bits per heavy atom. The van der Waals surface area contributed by atoms with Gasteiger partial charge in [-0.05, 0) is 6.07 Å². The zero-order valence-electron chi connectivity index (χ0n) is 15.6. The van der Waals surface area contributed by atoms with Gasteiger partial charge in [-0.3, -0.25) is 28.7 Å². The first-order valence-electron chi connectivity index (χ1n) is 8.46. The number of nitrogens with one attached hydrogen (secondary N) is 2. The van der Waals surface area contributed by atoms with E-state index in [1.807, 2.05) is 0 Å². The molecule has 0 unspecified atom stereocenters. The van der Waals surface area contributed by atoms with Gasteiger partial charge < -0.3 is 14.6 Å². The third-order valence-corrected chi connectivity index (χ3v) is 4.95. The lowest BCUT2D eigenvalue weighted by Gasteiger charge is -2.28. The van der Waals surface area contributed by atoms with E-state index in [1.54, 1.807) is 18.2 Å². The van der Waals surface area contributed by atoms with Gasteiger partial charge in [0, 0.05) is 19.7 Å². The fourth-order valence-corrected chi connectivity index (χ4v) is 3.43. The Balaban J connectivity index is 2.19. The van der Waals surface area contributed by atoms with Crippen LogP contribution in [0.25, 0.3) is 0 Å². The van der Waals surface area contributed by atoms with E-state index >= 15 is 0 Å².